The van der Waals surface area contributed by atoms with E-state index < -0.39 is 10.0 Å². The number of nitrogens with zero attached hydrogens (tertiary/aromatic N) is 2. The van der Waals surface area contributed by atoms with Gasteiger partial charge in [-0.2, -0.15) is 0 Å². The topological polar surface area (TPSA) is 64.0 Å². The van der Waals surface area contributed by atoms with Crippen LogP contribution in [0.4, 0.5) is 0 Å². The monoisotopic (exact) mass is 325 g/mol. The lowest BCUT2D eigenvalue weighted by molar-refractivity contribution is 0.421. The van der Waals surface area contributed by atoms with Crippen LogP contribution in [-0.2, 0) is 23.0 Å². The zero-order valence-corrected chi connectivity index (χ0v) is 14.0. The van der Waals surface area contributed by atoms with Gasteiger partial charge in [0.2, 0.25) is 10.0 Å². The fourth-order valence-electron chi connectivity index (χ4n) is 2.84. The van der Waals surface area contributed by atoms with Crippen molar-refractivity contribution >= 4 is 21.4 Å². The van der Waals surface area contributed by atoms with Crippen LogP contribution in [0.1, 0.15) is 27.7 Å². The Bertz CT molecular complexity index is 774. The molecule has 0 spiro atoms. The Morgan fingerprint density at radius 3 is 2.81 bits per heavy atom. The van der Waals surface area contributed by atoms with Gasteiger partial charge in [0.05, 0.1) is 10.6 Å². The average molecular weight is 325 g/mol. The molecule has 7 heteroatoms. The molecular formula is C14H19N3O2S2. The molecule has 0 fully saturated rings. The van der Waals surface area contributed by atoms with Gasteiger partial charge in [-0.05, 0) is 33.3 Å². The van der Waals surface area contributed by atoms with E-state index in [1.54, 1.807) is 6.07 Å². The van der Waals surface area contributed by atoms with Crippen LogP contribution in [0.15, 0.2) is 17.2 Å². The van der Waals surface area contributed by atoms with Crippen LogP contribution >= 0.6 is 11.3 Å². The molecule has 0 saturated heterocycles. The Morgan fingerprint density at radius 2 is 2.14 bits per heavy atom. The number of hydrogen-bond donors (Lipinski definition) is 1. The van der Waals surface area contributed by atoms with Crippen molar-refractivity contribution in [3.05, 3.63) is 33.5 Å². The first-order chi connectivity index (χ1) is 9.85. The van der Waals surface area contributed by atoms with Gasteiger partial charge in [0.25, 0.3) is 0 Å². The third-order valence-electron chi connectivity index (χ3n) is 3.72. The van der Waals surface area contributed by atoms with Crippen LogP contribution in [0.5, 0.6) is 0 Å². The molecule has 1 atom stereocenters. The predicted molar refractivity (Wildman–Crippen MR) is 83.2 cm³/mol. The van der Waals surface area contributed by atoms with E-state index in [0.717, 1.165) is 34.1 Å². The molecule has 3 heterocycles. The predicted octanol–water partition coefficient (Wildman–Crippen LogP) is 2.16. The maximum absolute atomic E-state index is 12.5. The van der Waals surface area contributed by atoms with Gasteiger partial charge in [0, 0.05) is 35.0 Å². The van der Waals surface area contributed by atoms with Crippen LogP contribution in [-0.4, -0.2) is 24.0 Å². The van der Waals surface area contributed by atoms with Gasteiger partial charge in [0.15, 0.2) is 0 Å². The number of rotatable bonds is 3. The smallest absolute Gasteiger partial charge is 0.241 e. The maximum Gasteiger partial charge on any atom is 0.241 e. The van der Waals surface area contributed by atoms with Crippen molar-refractivity contribution in [2.45, 2.75) is 51.1 Å². The molecule has 0 saturated carbocycles. The van der Waals surface area contributed by atoms with Gasteiger partial charge < -0.3 is 4.57 Å². The average Bonchev–Trinajstić information content (AvgIpc) is 2.90. The van der Waals surface area contributed by atoms with Crippen LogP contribution in [0.2, 0.25) is 0 Å². The Morgan fingerprint density at radius 1 is 1.38 bits per heavy atom. The van der Waals surface area contributed by atoms with Gasteiger partial charge in [-0.15, -0.1) is 11.3 Å². The molecule has 0 radical (unpaired) electrons. The number of aryl methyl sites for hydroxylation is 4. The van der Waals surface area contributed by atoms with Gasteiger partial charge in [-0.1, -0.05) is 0 Å². The fraction of sp³-hybridized carbons (Fsp3) is 0.500. The Hall–Kier alpha value is -1.18. The van der Waals surface area contributed by atoms with Gasteiger partial charge >= 0.3 is 0 Å². The molecule has 0 amide bonds. The van der Waals surface area contributed by atoms with Crippen molar-refractivity contribution in [2.24, 2.45) is 0 Å². The lowest BCUT2D eigenvalue weighted by Gasteiger charge is -2.24. The zero-order chi connectivity index (χ0) is 15.2. The molecule has 2 aromatic heterocycles. The molecule has 5 nitrogen and oxygen atoms in total. The van der Waals surface area contributed by atoms with Gasteiger partial charge in [-0.25, -0.2) is 18.1 Å². The summed E-state index contributed by atoms with van der Waals surface area (Å²) in [5, 5.41) is 0. The normalized spacial score (nSPS) is 18.7. The second-order valence-electron chi connectivity index (χ2n) is 5.59. The summed E-state index contributed by atoms with van der Waals surface area (Å²) >= 11 is 1.52. The molecular weight excluding hydrogens is 306 g/mol. The second kappa shape index (κ2) is 5.23. The highest BCUT2D eigenvalue weighted by Crippen LogP contribution is 2.26. The van der Waals surface area contributed by atoms with Crippen LogP contribution in [0.3, 0.4) is 0 Å². The van der Waals surface area contributed by atoms with Gasteiger partial charge in [-0.3, -0.25) is 0 Å². The lowest BCUT2D eigenvalue weighted by Crippen LogP contribution is -2.40. The molecule has 0 aliphatic carbocycles. The number of aromatic nitrogens is 2. The highest BCUT2D eigenvalue weighted by atomic mass is 32.2. The number of nitrogens with one attached hydrogen (secondary N) is 1. The van der Waals surface area contributed by atoms with E-state index in [9.17, 15) is 8.42 Å². The number of hydrogen-bond acceptors (Lipinski definition) is 4. The number of sulfonamides is 1. The van der Waals surface area contributed by atoms with Crippen LogP contribution in [0, 0.1) is 20.8 Å². The first-order valence-corrected chi connectivity index (χ1v) is 9.27. The minimum absolute atomic E-state index is 0.0734. The third-order valence-corrected chi connectivity index (χ3v) is 6.46. The SMILES string of the molecule is Cc1cn2c(n1)CC[C@@H](NS(=O)(=O)c1cc(C)sc1C)C2. The van der Waals surface area contributed by atoms with E-state index in [1.807, 2.05) is 27.0 Å². The van der Waals surface area contributed by atoms with Crippen molar-refractivity contribution in [3.63, 3.8) is 0 Å². The summed E-state index contributed by atoms with van der Waals surface area (Å²) in [5.41, 5.74) is 0.984. The van der Waals surface area contributed by atoms with Crippen LogP contribution < -0.4 is 4.72 Å². The minimum atomic E-state index is -3.44. The quantitative estimate of drug-likeness (QED) is 0.940. The number of imidazole rings is 1. The molecule has 0 bridgehead atoms. The second-order valence-corrected chi connectivity index (χ2v) is 8.73. The first-order valence-electron chi connectivity index (χ1n) is 6.97. The summed E-state index contributed by atoms with van der Waals surface area (Å²) in [6, 6.07) is 1.67. The summed E-state index contributed by atoms with van der Waals surface area (Å²) in [6.45, 7) is 6.39. The van der Waals surface area contributed by atoms with Crippen LogP contribution in [0.25, 0.3) is 0 Å². The van der Waals surface area contributed by atoms with Crippen molar-refractivity contribution in [1.82, 2.24) is 14.3 Å². The van der Waals surface area contributed by atoms with E-state index >= 15 is 0 Å². The molecule has 1 aliphatic heterocycles. The fourth-order valence-corrected chi connectivity index (χ4v) is 5.66. The summed E-state index contributed by atoms with van der Waals surface area (Å²) in [4.78, 5) is 6.72. The molecule has 21 heavy (non-hydrogen) atoms. The zero-order valence-electron chi connectivity index (χ0n) is 12.4. The molecule has 0 aromatic carbocycles. The van der Waals surface area contributed by atoms with E-state index in [4.69, 9.17) is 0 Å². The summed E-state index contributed by atoms with van der Waals surface area (Å²) in [6.07, 6.45) is 3.58. The Kier molecular flexibility index (Phi) is 3.67. The van der Waals surface area contributed by atoms with E-state index in [2.05, 4.69) is 14.3 Å². The summed E-state index contributed by atoms with van der Waals surface area (Å²) < 4.78 is 29.9. The molecule has 0 unspecified atom stereocenters. The third kappa shape index (κ3) is 2.90. The van der Waals surface area contributed by atoms with Crippen molar-refractivity contribution in [2.75, 3.05) is 0 Å². The first kappa shape index (κ1) is 14.7. The van der Waals surface area contributed by atoms with Crippen molar-refractivity contribution in [1.29, 1.82) is 0 Å². The highest BCUT2D eigenvalue weighted by Gasteiger charge is 2.26. The largest absolute Gasteiger partial charge is 0.333 e. The van der Waals surface area contributed by atoms with Crippen molar-refractivity contribution < 1.29 is 8.42 Å². The molecule has 114 valence electrons. The molecule has 2 aromatic rings. The number of thiophene rings is 1. The van der Waals surface area contributed by atoms with E-state index in [-0.39, 0.29) is 6.04 Å². The number of fused-ring (bicyclic) bond motifs is 1. The van der Waals surface area contributed by atoms with E-state index in [0.29, 0.717) is 11.4 Å². The Balaban J connectivity index is 1.79. The maximum atomic E-state index is 12.5. The highest BCUT2D eigenvalue weighted by molar-refractivity contribution is 7.89. The molecule has 1 aliphatic rings. The molecule has 3 rings (SSSR count). The standard InChI is InChI=1S/C14H19N3O2S2/c1-9-7-17-8-12(4-5-14(17)15-9)16-21(18,19)13-6-10(2)20-11(13)3/h6-7,12,16H,4-5,8H2,1-3H3/t12-/m1/s1. The van der Waals surface area contributed by atoms with Gasteiger partial charge in [0.1, 0.15) is 5.82 Å². The van der Waals surface area contributed by atoms with E-state index in [1.165, 1.54) is 11.3 Å². The lowest BCUT2D eigenvalue weighted by atomic mass is 10.1. The molecule has 1 N–H and O–H groups in total. The summed E-state index contributed by atoms with van der Waals surface area (Å²) in [7, 11) is -3.44. The Labute approximate surface area is 129 Å². The minimum Gasteiger partial charge on any atom is -0.333 e. The summed E-state index contributed by atoms with van der Waals surface area (Å²) in [5.74, 6) is 1.05. The van der Waals surface area contributed by atoms with Crippen molar-refractivity contribution in [3.8, 4) is 0 Å².